The van der Waals surface area contributed by atoms with E-state index in [0.29, 0.717) is 11.7 Å². The van der Waals surface area contributed by atoms with E-state index in [2.05, 4.69) is 36.5 Å². The fourth-order valence-electron chi connectivity index (χ4n) is 4.60. The molecule has 1 aromatic carbocycles. The predicted octanol–water partition coefficient (Wildman–Crippen LogP) is 3.27. The molecule has 5 rings (SSSR count). The Balaban J connectivity index is 1.31. The van der Waals surface area contributed by atoms with E-state index in [9.17, 15) is 4.79 Å². The highest BCUT2D eigenvalue weighted by molar-refractivity contribution is 5.94. The molecule has 0 radical (unpaired) electrons. The zero-order valence-electron chi connectivity index (χ0n) is 16.8. The van der Waals surface area contributed by atoms with E-state index in [4.69, 9.17) is 5.10 Å². The Kier molecular flexibility index (Phi) is 4.71. The molecular weight excluding hydrogens is 348 g/mol. The monoisotopic (exact) mass is 378 g/mol. The minimum absolute atomic E-state index is 0.129. The Labute approximate surface area is 167 Å². The van der Waals surface area contributed by atoms with Crippen LogP contribution in [-0.2, 0) is 12.8 Å². The summed E-state index contributed by atoms with van der Waals surface area (Å²) >= 11 is 0. The van der Waals surface area contributed by atoms with E-state index in [1.54, 1.807) is 0 Å². The smallest absolute Gasteiger partial charge is 0.274 e. The van der Waals surface area contributed by atoms with Crippen molar-refractivity contribution in [1.82, 2.24) is 20.0 Å². The normalized spacial score (nSPS) is 19.8. The maximum atomic E-state index is 13.3. The van der Waals surface area contributed by atoms with E-state index in [1.165, 1.54) is 29.7 Å². The predicted molar refractivity (Wildman–Crippen MR) is 110 cm³/mol. The van der Waals surface area contributed by atoms with Crippen LogP contribution in [0.4, 0.5) is 0 Å². The number of likely N-dealkylation sites (tertiary alicyclic amines) is 1. The van der Waals surface area contributed by atoms with Gasteiger partial charge in [0.25, 0.3) is 5.91 Å². The van der Waals surface area contributed by atoms with Crippen LogP contribution < -0.4 is 5.32 Å². The lowest BCUT2D eigenvalue weighted by Crippen LogP contribution is -2.45. The van der Waals surface area contributed by atoms with Gasteiger partial charge in [-0.05, 0) is 76.5 Å². The molecule has 3 aliphatic rings. The summed E-state index contributed by atoms with van der Waals surface area (Å²) in [5.74, 6) is 1.04. The van der Waals surface area contributed by atoms with Crippen LogP contribution in [-0.4, -0.2) is 46.3 Å². The van der Waals surface area contributed by atoms with Gasteiger partial charge in [0.05, 0.1) is 5.69 Å². The van der Waals surface area contributed by atoms with Crippen molar-refractivity contribution < 1.29 is 4.79 Å². The van der Waals surface area contributed by atoms with E-state index in [0.717, 1.165) is 63.3 Å². The van der Waals surface area contributed by atoms with E-state index in [1.807, 2.05) is 9.58 Å². The molecule has 0 bridgehead atoms. The van der Waals surface area contributed by atoms with Crippen LogP contribution in [0.5, 0.6) is 0 Å². The number of aryl methyl sites for hydroxylation is 1. The van der Waals surface area contributed by atoms with E-state index in [-0.39, 0.29) is 5.91 Å². The van der Waals surface area contributed by atoms with E-state index < -0.39 is 0 Å². The van der Waals surface area contributed by atoms with Crippen molar-refractivity contribution in [1.29, 1.82) is 0 Å². The number of nitrogens with one attached hydrogen (secondary N) is 1. The Morgan fingerprint density at radius 1 is 1.11 bits per heavy atom. The number of hydrogen-bond acceptors (Lipinski definition) is 3. The van der Waals surface area contributed by atoms with Gasteiger partial charge in [-0.25, -0.2) is 4.68 Å². The molecule has 1 aromatic heterocycles. The highest BCUT2D eigenvalue weighted by atomic mass is 16.2. The number of aromatic nitrogens is 2. The van der Waals surface area contributed by atoms with Gasteiger partial charge in [-0.3, -0.25) is 4.79 Å². The largest absolute Gasteiger partial charge is 0.337 e. The number of nitrogens with zero attached hydrogens (tertiary/aromatic N) is 3. The molecule has 5 heteroatoms. The van der Waals surface area contributed by atoms with Crippen molar-refractivity contribution in [2.45, 2.75) is 57.9 Å². The van der Waals surface area contributed by atoms with Gasteiger partial charge in [-0.2, -0.15) is 5.10 Å². The van der Waals surface area contributed by atoms with Crippen LogP contribution in [0.25, 0.3) is 5.69 Å². The average Bonchev–Trinajstić information content (AvgIpc) is 3.30. The van der Waals surface area contributed by atoms with Crippen molar-refractivity contribution in [2.75, 3.05) is 19.6 Å². The number of piperidine rings is 1. The lowest BCUT2D eigenvalue weighted by atomic mass is 10.0. The second kappa shape index (κ2) is 7.36. The molecule has 2 fully saturated rings. The number of rotatable bonds is 5. The zero-order chi connectivity index (χ0) is 19.1. The summed E-state index contributed by atoms with van der Waals surface area (Å²) in [6.07, 6.45) is 7.99. The van der Waals surface area contributed by atoms with Gasteiger partial charge in [0.15, 0.2) is 5.69 Å². The quantitative estimate of drug-likeness (QED) is 0.869. The van der Waals surface area contributed by atoms with Crippen LogP contribution in [0.1, 0.15) is 59.4 Å². The maximum Gasteiger partial charge on any atom is 0.274 e. The van der Waals surface area contributed by atoms with Crippen LogP contribution >= 0.6 is 0 Å². The minimum Gasteiger partial charge on any atom is -0.337 e. The first-order valence-electron chi connectivity index (χ1n) is 10.9. The number of benzene rings is 1. The molecule has 2 aromatic rings. The first-order chi connectivity index (χ1) is 13.7. The number of amides is 1. The number of fused-ring (bicyclic) bond motifs is 1. The van der Waals surface area contributed by atoms with Crippen molar-refractivity contribution in [2.24, 2.45) is 5.92 Å². The van der Waals surface area contributed by atoms with Crippen molar-refractivity contribution >= 4 is 5.91 Å². The summed E-state index contributed by atoms with van der Waals surface area (Å²) in [6.45, 7) is 4.93. The average molecular weight is 379 g/mol. The first-order valence-corrected chi connectivity index (χ1v) is 10.9. The molecule has 0 spiro atoms. The molecule has 2 aliphatic carbocycles. The van der Waals surface area contributed by atoms with Crippen LogP contribution in [0.2, 0.25) is 0 Å². The van der Waals surface area contributed by atoms with Gasteiger partial charge in [-0.1, -0.05) is 17.7 Å². The third kappa shape index (κ3) is 3.48. The molecule has 1 N–H and O–H groups in total. The molecular formula is C23H30N4O. The van der Waals surface area contributed by atoms with Gasteiger partial charge >= 0.3 is 0 Å². The Morgan fingerprint density at radius 2 is 1.86 bits per heavy atom. The zero-order valence-corrected chi connectivity index (χ0v) is 16.8. The van der Waals surface area contributed by atoms with Crippen molar-refractivity contribution in [3.8, 4) is 5.69 Å². The topological polar surface area (TPSA) is 50.2 Å². The summed E-state index contributed by atoms with van der Waals surface area (Å²) in [5.41, 5.74) is 5.40. The Morgan fingerprint density at radius 3 is 2.57 bits per heavy atom. The standard InChI is InChI=1S/C23H30N4O/c1-16-5-9-19(10-6-16)27-21-4-2-3-20(21)22(25-27)23(28)26-13-11-18(12-14-26)24-15-17-7-8-17/h5-6,9-10,17-18,24H,2-4,7-8,11-15H2,1H3. The van der Waals surface area contributed by atoms with E-state index >= 15 is 0 Å². The fraction of sp³-hybridized carbons (Fsp3) is 0.565. The van der Waals surface area contributed by atoms with Gasteiger partial charge in [0.1, 0.15) is 0 Å². The molecule has 2 heterocycles. The first kappa shape index (κ1) is 17.9. The van der Waals surface area contributed by atoms with Gasteiger partial charge in [-0.15, -0.1) is 0 Å². The molecule has 0 unspecified atom stereocenters. The summed E-state index contributed by atoms with van der Waals surface area (Å²) < 4.78 is 2.01. The van der Waals surface area contributed by atoms with Crippen LogP contribution in [0.3, 0.4) is 0 Å². The third-order valence-corrected chi connectivity index (χ3v) is 6.59. The third-order valence-electron chi connectivity index (χ3n) is 6.59. The van der Waals surface area contributed by atoms with Crippen molar-refractivity contribution in [3.63, 3.8) is 0 Å². The van der Waals surface area contributed by atoms with Gasteiger partial charge in [0.2, 0.25) is 0 Å². The Hall–Kier alpha value is -2.14. The molecule has 28 heavy (non-hydrogen) atoms. The minimum atomic E-state index is 0.129. The molecule has 1 saturated carbocycles. The number of carbonyl (C=O) groups is 1. The molecule has 1 saturated heterocycles. The SMILES string of the molecule is Cc1ccc(-n2nc(C(=O)N3CCC(NCC4CC4)CC3)c3c2CCC3)cc1. The summed E-state index contributed by atoms with van der Waals surface area (Å²) in [7, 11) is 0. The molecule has 148 valence electrons. The summed E-state index contributed by atoms with van der Waals surface area (Å²) in [4.78, 5) is 15.3. The highest BCUT2D eigenvalue weighted by Crippen LogP contribution is 2.30. The summed E-state index contributed by atoms with van der Waals surface area (Å²) in [5, 5.41) is 8.50. The number of carbonyl (C=O) groups excluding carboxylic acids is 1. The second-order valence-electron chi connectivity index (χ2n) is 8.79. The molecule has 1 amide bonds. The number of hydrogen-bond donors (Lipinski definition) is 1. The fourth-order valence-corrected chi connectivity index (χ4v) is 4.60. The molecule has 1 aliphatic heterocycles. The maximum absolute atomic E-state index is 13.3. The van der Waals surface area contributed by atoms with Crippen LogP contribution in [0, 0.1) is 12.8 Å². The van der Waals surface area contributed by atoms with Gasteiger partial charge in [0, 0.05) is 30.4 Å². The second-order valence-corrected chi connectivity index (χ2v) is 8.79. The summed E-state index contributed by atoms with van der Waals surface area (Å²) in [6, 6.07) is 9.00. The molecule has 5 nitrogen and oxygen atoms in total. The molecule has 0 atom stereocenters. The van der Waals surface area contributed by atoms with Crippen LogP contribution in [0.15, 0.2) is 24.3 Å². The van der Waals surface area contributed by atoms with Crippen molar-refractivity contribution in [3.05, 3.63) is 46.8 Å². The lowest BCUT2D eigenvalue weighted by molar-refractivity contribution is 0.0697. The van der Waals surface area contributed by atoms with Gasteiger partial charge < -0.3 is 10.2 Å². The lowest BCUT2D eigenvalue weighted by Gasteiger charge is -2.32. The highest BCUT2D eigenvalue weighted by Gasteiger charge is 2.32. The Bertz CT molecular complexity index is 857.